The lowest BCUT2D eigenvalue weighted by Gasteiger charge is -2.37. The predicted octanol–water partition coefficient (Wildman–Crippen LogP) is 3.92. The maximum atomic E-state index is 13.5. The Labute approximate surface area is 180 Å². The Bertz CT molecular complexity index is 1160. The predicted molar refractivity (Wildman–Crippen MR) is 114 cm³/mol. The van der Waals surface area contributed by atoms with Gasteiger partial charge in [-0.15, -0.1) is 10.2 Å². The van der Waals surface area contributed by atoms with E-state index in [2.05, 4.69) is 10.2 Å². The third kappa shape index (κ3) is 3.39. The van der Waals surface area contributed by atoms with Crippen molar-refractivity contribution >= 4 is 5.91 Å². The number of phenolic OH excluding ortho intramolecular Hbond substituents is 1. The molecule has 1 aromatic heterocycles. The summed E-state index contributed by atoms with van der Waals surface area (Å²) < 4.78 is 5.48. The van der Waals surface area contributed by atoms with E-state index < -0.39 is 5.60 Å². The van der Waals surface area contributed by atoms with E-state index in [9.17, 15) is 15.0 Å². The lowest BCUT2D eigenvalue weighted by atomic mass is 9.92. The van der Waals surface area contributed by atoms with Gasteiger partial charge < -0.3 is 19.5 Å². The topological polar surface area (TPSA) is 99.7 Å². The first kappa shape index (κ1) is 19.8. The molecule has 2 heterocycles. The molecule has 1 saturated carbocycles. The van der Waals surface area contributed by atoms with E-state index in [1.165, 1.54) is 0 Å². The second kappa shape index (κ2) is 6.92. The summed E-state index contributed by atoms with van der Waals surface area (Å²) in [6.45, 7) is 5.55. The van der Waals surface area contributed by atoms with Gasteiger partial charge in [-0.3, -0.25) is 4.79 Å². The van der Waals surface area contributed by atoms with Gasteiger partial charge in [0.25, 0.3) is 5.91 Å². The van der Waals surface area contributed by atoms with Crippen LogP contribution in [0.5, 0.6) is 5.75 Å². The van der Waals surface area contributed by atoms with Crippen LogP contribution in [-0.2, 0) is 6.54 Å². The number of hydrogen-bond acceptors (Lipinski definition) is 6. The van der Waals surface area contributed by atoms with Crippen LogP contribution >= 0.6 is 0 Å². The number of aromatic hydroxyl groups is 1. The Kier molecular flexibility index (Phi) is 4.41. The third-order valence-electron chi connectivity index (χ3n) is 6.19. The van der Waals surface area contributed by atoms with E-state index in [0.717, 1.165) is 29.5 Å². The largest absolute Gasteiger partial charge is 0.508 e. The zero-order valence-corrected chi connectivity index (χ0v) is 17.8. The standard InChI is InChI=1S/C24H25N3O4/c1-13-25-26-22(31-13)16-8-4-14(5-9-16)17-10-11-19(28)18-12-27(23(29)20(17)18)21(15-6-7-15)24(2,3)30/h4-5,8-11,15,21,28,30H,6-7,12H2,1-3H3. The molecule has 1 atom stereocenters. The highest BCUT2D eigenvalue weighted by atomic mass is 16.4. The van der Waals surface area contributed by atoms with Crippen LogP contribution < -0.4 is 0 Å². The van der Waals surface area contributed by atoms with E-state index in [-0.39, 0.29) is 17.7 Å². The first-order chi connectivity index (χ1) is 14.7. The van der Waals surface area contributed by atoms with Crippen LogP contribution in [0.2, 0.25) is 0 Å². The molecule has 1 fully saturated rings. The SMILES string of the molecule is Cc1nnc(-c2ccc(-c3ccc(O)c4c3C(=O)N(C(C3CC3)C(C)(C)O)C4)cc2)o1. The van der Waals surface area contributed by atoms with Crippen molar-refractivity contribution in [2.24, 2.45) is 5.92 Å². The molecule has 0 spiro atoms. The minimum atomic E-state index is -1.02. The fraction of sp³-hybridized carbons (Fsp3) is 0.375. The molecule has 2 N–H and O–H groups in total. The Morgan fingerprint density at radius 3 is 2.35 bits per heavy atom. The highest BCUT2D eigenvalue weighted by molar-refractivity contribution is 6.05. The first-order valence-electron chi connectivity index (χ1n) is 10.5. The number of rotatable bonds is 5. The van der Waals surface area contributed by atoms with Gasteiger partial charge in [0, 0.05) is 18.1 Å². The van der Waals surface area contributed by atoms with Gasteiger partial charge in [0.2, 0.25) is 11.8 Å². The molecule has 1 amide bonds. The van der Waals surface area contributed by atoms with Gasteiger partial charge >= 0.3 is 0 Å². The lowest BCUT2D eigenvalue weighted by molar-refractivity contribution is -0.0224. The first-order valence-corrected chi connectivity index (χ1v) is 10.5. The number of carbonyl (C=O) groups excluding carboxylic acids is 1. The third-order valence-corrected chi connectivity index (χ3v) is 6.19. The zero-order chi connectivity index (χ0) is 21.9. The molecule has 0 saturated heterocycles. The van der Waals surface area contributed by atoms with E-state index in [0.29, 0.717) is 35.4 Å². The molecule has 1 unspecified atom stereocenters. The molecule has 0 bridgehead atoms. The summed E-state index contributed by atoms with van der Waals surface area (Å²) in [7, 11) is 0. The normalized spacial score (nSPS) is 17.2. The fourth-order valence-corrected chi connectivity index (χ4v) is 4.72. The van der Waals surface area contributed by atoms with Gasteiger partial charge in [-0.25, -0.2) is 0 Å². The second-order valence-electron chi connectivity index (χ2n) is 9.06. The average Bonchev–Trinajstić information content (AvgIpc) is 3.36. The molecule has 3 aromatic rings. The number of aryl methyl sites for hydroxylation is 1. The highest BCUT2D eigenvalue weighted by Crippen LogP contribution is 2.45. The highest BCUT2D eigenvalue weighted by Gasteiger charge is 2.48. The van der Waals surface area contributed by atoms with Crippen molar-refractivity contribution in [1.82, 2.24) is 15.1 Å². The number of nitrogens with zero attached hydrogens (tertiary/aromatic N) is 3. The number of amides is 1. The van der Waals surface area contributed by atoms with Gasteiger partial charge in [-0.05, 0) is 68.0 Å². The summed E-state index contributed by atoms with van der Waals surface area (Å²) in [6, 6.07) is 10.7. The Balaban J connectivity index is 1.53. The monoisotopic (exact) mass is 419 g/mol. The van der Waals surface area contributed by atoms with Crippen LogP contribution in [-0.4, -0.2) is 42.9 Å². The number of aromatic nitrogens is 2. The van der Waals surface area contributed by atoms with Crippen molar-refractivity contribution in [2.75, 3.05) is 0 Å². The molecule has 0 radical (unpaired) electrons. The summed E-state index contributed by atoms with van der Waals surface area (Å²) in [5, 5.41) is 29.2. The molecule has 2 aromatic carbocycles. The summed E-state index contributed by atoms with van der Waals surface area (Å²) in [6.07, 6.45) is 2.01. The van der Waals surface area contributed by atoms with E-state index in [4.69, 9.17) is 4.42 Å². The van der Waals surface area contributed by atoms with Gasteiger partial charge in [0.15, 0.2) is 0 Å². The minimum Gasteiger partial charge on any atom is -0.508 e. The summed E-state index contributed by atoms with van der Waals surface area (Å²) in [5.74, 6) is 1.20. The fourth-order valence-electron chi connectivity index (χ4n) is 4.72. The van der Waals surface area contributed by atoms with Gasteiger partial charge in [-0.2, -0.15) is 0 Å². The van der Waals surface area contributed by atoms with Crippen LogP contribution in [0, 0.1) is 12.8 Å². The van der Waals surface area contributed by atoms with Gasteiger partial charge in [0.05, 0.1) is 23.8 Å². The Morgan fingerprint density at radius 1 is 1.10 bits per heavy atom. The lowest BCUT2D eigenvalue weighted by Crippen LogP contribution is -2.51. The Hall–Kier alpha value is -3.19. The van der Waals surface area contributed by atoms with E-state index >= 15 is 0 Å². The van der Waals surface area contributed by atoms with Crippen molar-refractivity contribution < 1.29 is 19.4 Å². The smallest absolute Gasteiger partial charge is 0.255 e. The number of phenols is 1. The molecule has 5 rings (SSSR count). The molecular formula is C24H25N3O4. The van der Waals surface area contributed by atoms with Crippen LogP contribution in [0.15, 0.2) is 40.8 Å². The van der Waals surface area contributed by atoms with Crippen LogP contribution in [0.4, 0.5) is 0 Å². The second-order valence-corrected chi connectivity index (χ2v) is 9.06. The molecule has 2 aliphatic rings. The number of fused-ring (bicyclic) bond motifs is 1. The van der Waals surface area contributed by atoms with Crippen molar-refractivity contribution in [1.29, 1.82) is 0 Å². The molecule has 160 valence electrons. The number of benzene rings is 2. The minimum absolute atomic E-state index is 0.109. The maximum Gasteiger partial charge on any atom is 0.255 e. The van der Waals surface area contributed by atoms with Crippen molar-refractivity contribution in [3.8, 4) is 28.3 Å². The van der Waals surface area contributed by atoms with E-state index in [1.54, 1.807) is 37.8 Å². The van der Waals surface area contributed by atoms with Crippen molar-refractivity contribution in [2.45, 2.75) is 51.8 Å². The zero-order valence-electron chi connectivity index (χ0n) is 17.8. The number of aliphatic hydroxyl groups is 1. The molecule has 7 heteroatoms. The van der Waals surface area contributed by atoms with Gasteiger partial charge in [-0.1, -0.05) is 12.1 Å². The van der Waals surface area contributed by atoms with Crippen LogP contribution in [0.3, 0.4) is 0 Å². The quantitative estimate of drug-likeness (QED) is 0.650. The summed E-state index contributed by atoms with van der Waals surface area (Å²) in [4.78, 5) is 15.3. The summed E-state index contributed by atoms with van der Waals surface area (Å²) >= 11 is 0. The number of carbonyl (C=O) groups is 1. The van der Waals surface area contributed by atoms with Crippen molar-refractivity contribution in [3.63, 3.8) is 0 Å². The van der Waals surface area contributed by atoms with Crippen LogP contribution in [0.1, 0.15) is 48.5 Å². The Morgan fingerprint density at radius 2 is 1.77 bits per heavy atom. The maximum absolute atomic E-state index is 13.5. The molecule has 1 aliphatic carbocycles. The average molecular weight is 419 g/mol. The van der Waals surface area contributed by atoms with E-state index in [1.807, 2.05) is 24.3 Å². The van der Waals surface area contributed by atoms with Crippen LogP contribution in [0.25, 0.3) is 22.6 Å². The van der Waals surface area contributed by atoms with Crippen molar-refractivity contribution in [3.05, 3.63) is 53.4 Å². The molecular weight excluding hydrogens is 394 g/mol. The molecule has 1 aliphatic heterocycles. The molecule has 31 heavy (non-hydrogen) atoms. The van der Waals surface area contributed by atoms with Gasteiger partial charge in [0.1, 0.15) is 5.75 Å². The summed E-state index contributed by atoms with van der Waals surface area (Å²) in [5.41, 5.74) is 2.53. The number of hydrogen-bond donors (Lipinski definition) is 2. The molecule has 7 nitrogen and oxygen atoms in total.